The first-order valence-corrected chi connectivity index (χ1v) is 7.05. The summed E-state index contributed by atoms with van der Waals surface area (Å²) in [5, 5.41) is 3.20. The number of aryl methyl sites for hydroxylation is 1. The lowest BCUT2D eigenvalue weighted by Crippen LogP contribution is -2.23. The summed E-state index contributed by atoms with van der Waals surface area (Å²) in [6, 6.07) is 12.2. The zero-order valence-electron chi connectivity index (χ0n) is 11.8. The summed E-state index contributed by atoms with van der Waals surface area (Å²) in [5.41, 5.74) is 2.47. The molecule has 0 aliphatic heterocycles. The summed E-state index contributed by atoms with van der Waals surface area (Å²) in [4.78, 5) is 23.5. The van der Waals surface area contributed by atoms with Crippen LogP contribution in [-0.2, 0) is 13.6 Å². The number of nitrogens with one attached hydrogen (secondary N) is 1. The molecule has 0 unspecified atom stereocenters. The van der Waals surface area contributed by atoms with Crippen LogP contribution in [0.1, 0.15) is 15.9 Å². The van der Waals surface area contributed by atoms with Gasteiger partial charge < -0.3 is 9.73 Å². The zero-order chi connectivity index (χ0) is 15.7. The molecule has 0 aliphatic carbocycles. The predicted molar refractivity (Wildman–Crippen MR) is 84.1 cm³/mol. The van der Waals surface area contributed by atoms with E-state index >= 15 is 0 Å². The lowest BCUT2D eigenvalue weighted by molar-refractivity contribution is 0.0951. The molecule has 1 amide bonds. The Morgan fingerprint density at radius 1 is 1.27 bits per heavy atom. The first-order valence-electron chi connectivity index (χ1n) is 6.67. The van der Waals surface area contributed by atoms with Crippen LogP contribution in [0.3, 0.4) is 0 Å². The number of nitrogens with zero attached hydrogens (tertiary/aromatic N) is 1. The molecule has 1 aromatic heterocycles. The van der Waals surface area contributed by atoms with Crippen LogP contribution >= 0.6 is 11.6 Å². The standard InChI is InChI=1S/C16H13ClN2O3/c1-19-13-7-6-10(8-14(13)22-16(19)21)9-18-15(20)11-4-2-3-5-12(11)17/h2-8H,9H2,1H3,(H,18,20). The molecule has 1 heterocycles. The highest BCUT2D eigenvalue weighted by Crippen LogP contribution is 2.16. The average molecular weight is 317 g/mol. The molecule has 1 N–H and O–H groups in total. The molecule has 22 heavy (non-hydrogen) atoms. The van der Waals surface area contributed by atoms with Crippen molar-refractivity contribution < 1.29 is 9.21 Å². The van der Waals surface area contributed by atoms with E-state index in [1.54, 1.807) is 43.4 Å². The smallest absolute Gasteiger partial charge is 0.408 e. The second kappa shape index (κ2) is 5.69. The minimum absolute atomic E-state index is 0.250. The first-order chi connectivity index (χ1) is 10.6. The Morgan fingerprint density at radius 2 is 2.05 bits per heavy atom. The summed E-state index contributed by atoms with van der Waals surface area (Å²) in [7, 11) is 1.65. The van der Waals surface area contributed by atoms with E-state index in [1.165, 1.54) is 4.57 Å². The van der Waals surface area contributed by atoms with Crippen LogP contribution in [0.15, 0.2) is 51.7 Å². The number of fused-ring (bicyclic) bond motifs is 1. The number of carbonyl (C=O) groups is 1. The van der Waals surface area contributed by atoms with Gasteiger partial charge >= 0.3 is 5.76 Å². The number of benzene rings is 2. The van der Waals surface area contributed by atoms with Crippen molar-refractivity contribution >= 4 is 28.6 Å². The molecule has 5 nitrogen and oxygen atoms in total. The number of carbonyl (C=O) groups excluding carboxylic acids is 1. The number of hydrogen-bond acceptors (Lipinski definition) is 3. The molecule has 3 rings (SSSR count). The van der Waals surface area contributed by atoms with Gasteiger partial charge in [-0.15, -0.1) is 0 Å². The number of oxazole rings is 1. The fraction of sp³-hybridized carbons (Fsp3) is 0.125. The van der Waals surface area contributed by atoms with Gasteiger partial charge in [0.2, 0.25) is 0 Å². The van der Waals surface area contributed by atoms with Crippen molar-refractivity contribution in [3.63, 3.8) is 0 Å². The Labute approximate surface area is 131 Å². The average Bonchev–Trinajstić information content (AvgIpc) is 2.80. The van der Waals surface area contributed by atoms with E-state index < -0.39 is 5.76 Å². The molecule has 0 fully saturated rings. The Bertz CT molecular complexity index is 911. The van der Waals surface area contributed by atoms with Gasteiger partial charge in [-0.3, -0.25) is 9.36 Å². The molecule has 0 saturated carbocycles. The molecule has 6 heteroatoms. The van der Waals surface area contributed by atoms with Crippen LogP contribution in [0.25, 0.3) is 11.1 Å². The van der Waals surface area contributed by atoms with E-state index in [-0.39, 0.29) is 5.91 Å². The van der Waals surface area contributed by atoms with Crippen LogP contribution in [0.2, 0.25) is 5.02 Å². The van der Waals surface area contributed by atoms with E-state index in [1.807, 2.05) is 6.07 Å². The summed E-state index contributed by atoms with van der Waals surface area (Å²) in [6.45, 7) is 0.318. The predicted octanol–water partition coefficient (Wildman–Crippen LogP) is 2.71. The van der Waals surface area contributed by atoms with E-state index in [0.717, 1.165) is 5.56 Å². The van der Waals surface area contributed by atoms with Crippen molar-refractivity contribution in [2.45, 2.75) is 6.54 Å². The molecular formula is C16H13ClN2O3. The van der Waals surface area contributed by atoms with Crippen molar-refractivity contribution in [1.82, 2.24) is 9.88 Å². The fourth-order valence-electron chi connectivity index (χ4n) is 2.21. The zero-order valence-corrected chi connectivity index (χ0v) is 12.6. The third-order valence-corrected chi connectivity index (χ3v) is 3.76. The normalized spacial score (nSPS) is 10.8. The van der Waals surface area contributed by atoms with E-state index in [4.69, 9.17) is 16.0 Å². The number of hydrogen-bond donors (Lipinski definition) is 1. The van der Waals surface area contributed by atoms with Crippen molar-refractivity contribution in [2.75, 3.05) is 0 Å². The lowest BCUT2D eigenvalue weighted by atomic mass is 10.2. The van der Waals surface area contributed by atoms with Crippen LogP contribution < -0.4 is 11.1 Å². The monoisotopic (exact) mass is 316 g/mol. The maximum Gasteiger partial charge on any atom is 0.419 e. The third kappa shape index (κ3) is 2.63. The van der Waals surface area contributed by atoms with Gasteiger partial charge in [0.1, 0.15) is 0 Å². The van der Waals surface area contributed by atoms with Crippen LogP contribution in [0, 0.1) is 0 Å². The van der Waals surface area contributed by atoms with Gasteiger partial charge in [0, 0.05) is 13.6 Å². The molecule has 112 valence electrons. The highest BCUT2D eigenvalue weighted by Gasteiger charge is 2.10. The Morgan fingerprint density at radius 3 is 2.82 bits per heavy atom. The second-order valence-electron chi connectivity index (χ2n) is 4.89. The molecule has 3 aromatic rings. The fourth-order valence-corrected chi connectivity index (χ4v) is 2.43. The Balaban J connectivity index is 1.78. The maximum absolute atomic E-state index is 12.1. The molecule has 0 bridgehead atoms. The minimum Gasteiger partial charge on any atom is -0.408 e. The summed E-state index contributed by atoms with van der Waals surface area (Å²) < 4.78 is 6.56. The van der Waals surface area contributed by atoms with Gasteiger partial charge in [-0.2, -0.15) is 0 Å². The molecule has 0 spiro atoms. The number of halogens is 1. The highest BCUT2D eigenvalue weighted by atomic mass is 35.5. The quantitative estimate of drug-likeness (QED) is 0.808. The topological polar surface area (TPSA) is 64.2 Å². The molecule has 0 atom stereocenters. The molecule has 0 aliphatic rings. The van der Waals surface area contributed by atoms with Crippen LogP contribution in [0.5, 0.6) is 0 Å². The van der Waals surface area contributed by atoms with Crippen molar-refractivity contribution in [2.24, 2.45) is 7.05 Å². The van der Waals surface area contributed by atoms with Gasteiger partial charge in [0.05, 0.1) is 16.1 Å². The second-order valence-corrected chi connectivity index (χ2v) is 5.30. The Hall–Kier alpha value is -2.53. The lowest BCUT2D eigenvalue weighted by Gasteiger charge is -2.06. The molecule has 0 radical (unpaired) electrons. The molecule has 0 saturated heterocycles. The van der Waals surface area contributed by atoms with Crippen molar-refractivity contribution in [1.29, 1.82) is 0 Å². The first kappa shape index (κ1) is 14.4. The summed E-state index contributed by atoms with van der Waals surface area (Å²) in [6.07, 6.45) is 0. The number of aromatic nitrogens is 1. The maximum atomic E-state index is 12.1. The van der Waals surface area contributed by atoms with E-state index in [0.29, 0.717) is 28.2 Å². The van der Waals surface area contributed by atoms with Crippen molar-refractivity contribution in [3.05, 3.63) is 69.2 Å². The number of amides is 1. The van der Waals surface area contributed by atoms with Crippen molar-refractivity contribution in [3.8, 4) is 0 Å². The van der Waals surface area contributed by atoms with Gasteiger partial charge in [-0.25, -0.2) is 4.79 Å². The van der Waals surface area contributed by atoms with Gasteiger partial charge in [0.15, 0.2) is 5.58 Å². The minimum atomic E-state index is -0.410. The molecular weight excluding hydrogens is 304 g/mol. The van der Waals surface area contributed by atoms with E-state index in [9.17, 15) is 9.59 Å². The SMILES string of the molecule is Cn1c(=O)oc2cc(CNC(=O)c3ccccc3Cl)ccc21. The highest BCUT2D eigenvalue weighted by molar-refractivity contribution is 6.33. The third-order valence-electron chi connectivity index (χ3n) is 3.43. The molecule has 2 aromatic carbocycles. The summed E-state index contributed by atoms with van der Waals surface area (Å²) in [5.74, 6) is -0.660. The van der Waals surface area contributed by atoms with Crippen LogP contribution in [-0.4, -0.2) is 10.5 Å². The van der Waals surface area contributed by atoms with Crippen LogP contribution in [0.4, 0.5) is 0 Å². The Kier molecular flexibility index (Phi) is 3.73. The van der Waals surface area contributed by atoms with Gasteiger partial charge in [0.25, 0.3) is 5.91 Å². The number of rotatable bonds is 3. The van der Waals surface area contributed by atoms with Gasteiger partial charge in [-0.05, 0) is 29.8 Å². The van der Waals surface area contributed by atoms with Gasteiger partial charge in [-0.1, -0.05) is 29.8 Å². The van der Waals surface area contributed by atoms with E-state index in [2.05, 4.69) is 5.32 Å². The summed E-state index contributed by atoms with van der Waals surface area (Å²) >= 11 is 5.99. The largest absolute Gasteiger partial charge is 0.419 e.